The molecule has 1 aliphatic heterocycles. The number of fused-ring (bicyclic) bond motifs is 1. The van der Waals surface area contributed by atoms with Crippen LogP contribution >= 0.6 is 11.3 Å². The molecule has 1 aromatic heterocycles. The van der Waals surface area contributed by atoms with Crippen molar-refractivity contribution >= 4 is 17.1 Å². The lowest BCUT2D eigenvalue weighted by molar-refractivity contribution is 0.0921. The SMILES string of the molecule is O=C(CN1CCc2sccc2C1)c1ccc(F)c(F)c1. The maximum absolute atomic E-state index is 13.1. The predicted octanol–water partition coefficient (Wildman–Crippen LogP) is 3.27. The highest BCUT2D eigenvalue weighted by molar-refractivity contribution is 7.10. The first-order valence-electron chi connectivity index (χ1n) is 6.39. The van der Waals surface area contributed by atoms with E-state index < -0.39 is 11.6 Å². The zero-order chi connectivity index (χ0) is 14.1. The summed E-state index contributed by atoms with van der Waals surface area (Å²) in [6.07, 6.45) is 0.943. The van der Waals surface area contributed by atoms with Gasteiger partial charge in [-0.1, -0.05) is 0 Å². The number of rotatable bonds is 3. The van der Waals surface area contributed by atoms with Crippen molar-refractivity contribution in [1.29, 1.82) is 0 Å². The lowest BCUT2D eigenvalue weighted by Crippen LogP contribution is -2.34. The Bertz CT molecular complexity index is 653. The topological polar surface area (TPSA) is 20.3 Å². The van der Waals surface area contributed by atoms with Crippen LogP contribution in [0.5, 0.6) is 0 Å². The Hall–Kier alpha value is -1.59. The summed E-state index contributed by atoms with van der Waals surface area (Å²) in [5.74, 6) is -2.08. The Morgan fingerprint density at radius 1 is 1.25 bits per heavy atom. The van der Waals surface area contributed by atoms with Gasteiger partial charge in [0.2, 0.25) is 0 Å². The fraction of sp³-hybridized carbons (Fsp3) is 0.267. The van der Waals surface area contributed by atoms with E-state index in [0.717, 1.165) is 31.6 Å². The van der Waals surface area contributed by atoms with E-state index in [4.69, 9.17) is 0 Å². The first-order valence-corrected chi connectivity index (χ1v) is 7.27. The lowest BCUT2D eigenvalue weighted by Gasteiger charge is -2.26. The lowest BCUT2D eigenvalue weighted by atomic mass is 10.1. The summed E-state index contributed by atoms with van der Waals surface area (Å²) in [7, 11) is 0. The minimum atomic E-state index is -0.977. The van der Waals surface area contributed by atoms with Crippen molar-refractivity contribution in [1.82, 2.24) is 4.90 Å². The van der Waals surface area contributed by atoms with Gasteiger partial charge in [0.25, 0.3) is 0 Å². The number of thiophene rings is 1. The van der Waals surface area contributed by atoms with Gasteiger partial charge in [0.15, 0.2) is 17.4 Å². The van der Waals surface area contributed by atoms with Crippen LogP contribution < -0.4 is 0 Å². The maximum Gasteiger partial charge on any atom is 0.176 e. The number of carbonyl (C=O) groups is 1. The predicted molar refractivity (Wildman–Crippen MR) is 74.0 cm³/mol. The van der Waals surface area contributed by atoms with Crippen LogP contribution in [0.3, 0.4) is 0 Å². The zero-order valence-electron chi connectivity index (χ0n) is 10.7. The highest BCUT2D eigenvalue weighted by atomic mass is 32.1. The van der Waals surface area contributed by atoms with Gasteiger partial charge >= 0.3 is 0 Å². The molecule has 20 heavy (non-hydrogen) atoms. The highest BCUT2D eigenvalue weighted by Crippen LogP contribution is 2.24. The molecule has 0 spiro atoms. The Morgan fingerprint density at radius 3 is 2.90 bits per heavy atom. The molecule has 0 unspecified atom stereocenters. The molecule has 0 atom stereocenters. The molecule has 1 aliphatic rings. The van der Waals surface area contributed by atoms with E-state index in [1.54, 1.807) is 11.3 Å². The van der Waals surface area contributed by atoms with Gasteiger partial charge in [-0.15, -0.1) is 11.3 Å². The van der Waals surface area contributed by atoms with Gasteiger partial charge in [-0.3, -0.25) is 9.69 Å². The van der Waals surface area contributed by atoms with Crippen molar-refractivity contribution in [3.63, 3.8) is 0 Å². The van der Waals surface area contributed by atoms with Crippen LogP contribution in [-0.4, -0.2) is 23.8 Å². The van der Waals surface area contributed by atoms with E-state index in [1.165, 1.54) is 16.5 Å². The van der Waals surface area contributed by atoms with Gasteiger partial charge in [-0.2, -0.15) is 0 Å². The second-order valence-corrected chi connectivity index (χ2v) is 5.88. The molecule has 0 fully saturated rings. The maximum atomic E-state index is 13.1. The van der Waals surface area contributed by atoms with Crippen LogP contribution in [0.2, 0.25) is 0 Å². The number of nitrogens with zero attached hydrogens (tertiary/aromatic N) is 1. The van der Waals surface area contributed by atoms with Crippen molar-refractivity contribution in [2.75, 3.05) is 13.1 Å². The van der Waals surface area contributed by atoms with E-state index in [0.29, 0.717) is 0 Å². The Kier molecular flexibility index (Phi) is 3.63. The van der Waals surface area contributed by atoms with Crippen molar-refractivity contribution in [3.05, 3.63) is 57.3 Å². The number of hydrogen-bond acceptors (Lipinski definition) is 3. The average Bonchev–Trinajstić information content (AvgIpc) is 2.89. The molecule has 3 rings (SSSR count). The summed E-state index contributed by atoms with van der Waals surface area (Å²) in [6, 6.07) is 5.38. The van der Waals surface area contributed by atoms with E-state index in [9.17, 15) is 13.6 Å². The van der Waals surface area contributed by atoms with Crippen LogP contribution in [0.15, 0.2) is 29.6 Å². The normalized spacial score (nSPS) is 15.1. The van der Waals surface area contributed by atoms with Crippen molar-refractivity contribution in [2.45, 2.75) is 13.0 Å². The summed E-state index contributed by atoms with van der Waals surface area (Å²) in [5.41, 5.74) is 1.49. The highest BCUT2D eigenvalue weighted by Gasteiger charge is 2.20. The van der Waals surface area contributed by atoms with Crippen LogP contribution in [0.4, 0.5) is 8.78 Å². The minimum absolute atomic E-state index is 0.178. The number of benzene rings is 1. The monoisotopic (exact) mass is 293 g/mol. The van der Waals surface area contributed by atoms with E-state index in [2.05, 4.69) is 11.4 Å². The molecule has 5 heteroatoms. The summed E-state index contributed by atoms with van der Waals surface area (Å²) >= 11 is 1.74. The first kappa shape index (κ1) is 13.4. The molecule has 0 saturated carbocycles. The molecule has 2 aromatic rings. The van der Waals surface area contributed by atoms with E-state index in [1.807, 2.05) is 4.90 Å². The van der Waals surface area contributed by atoms with Crippen LogP contribution in [0.1, 0.15) is 20.8 Å². The number of hydrogen-bond donors (Lipinski definition) is 0. The third-order valence-electron chi connectivity index (χ3n) is 3.50. The van der Waals surface area contributed by atoms with Crippen molar-refractivity contribution in [2.24, 2.45) is 0 Å². The summed E-state index contributed by atoms with van der Waals surface area (Å²) < 4.78 is 26.0. The van der Waals surface area contributed by atoms with E-state index >= 15 is 0 Å². The number of Topliss-reactive ketones (excluding diaryl/α,β-unsaturated/α-hetero) is 1. The second-order valence-electron chi connectivity index (χ2n) is 4.88. The molecule has 1 aromatic carbocycles. The fourth-order valence-corrected chi connectivity index (χ4v) is 3.30. The molecule has 2 nitrogen and oxygen atoms in total. The molecule has 0 bridgehead atoms. The minimum Gasteiger partial charge on any atom is -0.293 e. The number of carbonyl (C=O) groups excluding carboxylic acids is 1. The molecule has 0 N–H and O–H groups in total. The molecular formula is C15H13F2NOS. The standard InChI is InChI=1S/C15H13F2NOS/c16-12-2-1-10(7-13(12)17)14(19)9-18-5-3-15-11(8-18)4-6-20-15/h1-2,4,6-7H,3,5,8-9H2. The largest absolute Gasteiger partial charge is 0.293 e. The van der Waals surface area contributed by atoms with Gasteiger partial charge in [0.1, 0.15) is 0 Å². The Labute approximate surface area is 119 Å². The smallest absolute Gasteiger partial charge is 0.176 e. The molecule has 0 radical (unpaired) electrons. The second kappa shape index (κ2) is 5.42. The van der Waals surface area contributed by atoms with Gasteiger partial charge in [0, 0.05) is 23.5 Å². The molecule has 104 valence electrons. The average molecular weight is 293 g/mol. The Morgan fingerprint density at radius 2 is 2.10 bits per heavy atom. The molecule has 2 heterocycles. The first-order chi connectivity index (χ1) is 9.63. The number of ketones is 1. The molecule has 0 aliphatic carbocycles. The molecule has 0 amide bonds. The van der Waals surface area contributed by atoms with Crippen LogP contribution in [-0.2, 0) is 13.0 Å². The van der Waals surface area contributed by atoms with Gasteiger partial charge in [-0.05, 0) is 41.6 Å². The Balaban J connectivity index is 1.69. The van der Waals surface area contributed by atoms with Crippen LogP contribution in [0, 0.1) is 11.6 Å². The number of halogens is 2. The van der Waals surface area contributed by atoms with Gasteiger partial charge < -0.3 is 0 Å². The van der Waals surface area contributed by atoms with Crippen molar-refractivity contribution < 1.29 is 13.6 Å². The third-order valence-corrected chi connectivity index (χ3v) is 4.52. The molecule has 0 saturated heterocycles. The van der Waals surface area contributed by atoms with Crippen molar-refractivity contribution in [3.8, 4) is 0 Å². The van der Waals surface area contributed by atoms with Gasteiger partial charge in [-0.25, -0.2) is 8.78 Å². The molecular weight excluding hydrogens is 280 g/mol. The summed E-state index contributed by atoms with van der Waals surface area (Å²) in [4.78, 5) is 15.5. The quantitative estimate of drug-likeness (QED) is 0.810. The fourth-order valence-electron chi connectivity index (χ4n) is 2.41. The summed E-state index contributed by atoms with van der Waals surface area (Å²) in [6.45, 7) is 1.80. The third kappa shape index (κ3) is 2.64. The summed E-state index contributed by atoms with van der Waals surface area (Å²) in [5, 5.41) is 2.06. The van der Waals surface area contributed by atoms with E-state index in [-0.39, 0.29) is 17.9 Å². The van der Waals surface area contributed by atoms with Gasteiger partial charge in [0.05, 0.1) is 6.54 Å². The van der Waals surface area contributed by atoms with Crippen LogP contribution in [0.25, 0.3) is 0 Å². The zero-order valence-corrected chi connectivity index (χ0v) is 11.6.